The third-order valence-corrected chi connectivity index (χ3v) is 9.92. The number of aryl methyl sites for hydroxylation is 2. The van der Waals surface area contributed by atoms with Crippen molar-refractivity contribution in [3.8, 4) is 0 Å². The van der Waals surface area contributed by atoms with Crippen molar-refractivity contribution in [3.63, 3.8) is 0 Å². The molecule has 242 valence electrons. The summed E-state index contributed by atoms with van der Waals surface area (Å²) in [5.74, 6) is -0.711. The molecule has 4 aromatic carbocycles. The molecular formula is C36H39Cl2N3O4S. The molecule has 0 bridgehead atoms. The van der Waals surface area contributed by atoms with Crippen LogP contribution in [-0.2, 0) is 32.6 Å². The van der Waals surface area contributed by atoms with Crippen molar-refractivity contribution < 1.29 is 18.0 Å². The molecule has 4 rings (SSSR count). The maximum Gasteiger partial charge on any atom is 0.264 e. The van der Waals surface area contributed by atoms with Crippen molar-refractivity contribution in [2.45, 2.75) is 51.6 Å². The van der Waals surface area contributed by atoms with Crippen molar-refractivity contribution in [1.82, 2.24) is 10.2 Å². The molecule has 0 fully saturated rings. The standard InChI is InChI=1S/C36H39Cl2N3O4S/c1-25(2)22-39-36(43)34(21-28-11-7-5-8-12-28)40(23-29-15-16-32(37)33(38)20-29)35(42)24-41(30-18-26(3)17-27(4)19-30)46(44,45)31-13-9-6-10-14-31/h5-20,25,34H,21-24H2,1-4H3,(H,39,43)/t34-/m1/s1. The zero-order chi connectivity index (χ0) is 33.4. The summed E-state index contributed by atoms with van der Waals surface area (Å²) in [6.07, 6.45) is 0.215. The Kier molecular flexibility index (Phi) is 11.9. The number of carbonyl (C=O) groups is 2. The average Bonchev–Trinajstić information content (AvgIpc) is 3.02. The predicted octanol–water partition coefficient (Wildman–Crippen LogP) is 7.22. The van der Waals surface area contributed by atoms with E-state index in [1.54, 1.807) is 48.5 Å². The molecule has 10 heteroatoms. The van der Waals surface area contributed by atoms with Gasteiger partial charge in [0, 0.05) is 19.5 Å². The molecule has 4 aromatic rings. The lowest BCUT2D eigenvalue weighted by atomic mass is 10.0. The van der Waals surface area contributed by atoms with Gasteiger partial charge in [0.05, 0.1) is 20.6 Å². The van der Waals surface area contributed by atoms with E-state index in [1.807, 2.05) is 64.1 Å². The van der Waals surface area contributed by atoms with Gasteiger partial charge in [-0.1, -0.05) is 97.7 Å². The number of sulfonamides is 1. The first-order valence-electron chi connectivity index (χ1n) is 15.1. The van der Waals surface area contributed by atoms with E-state index in [0.717, 1.165) is 21.0 Å². The van der Waals surface area contributed by atoms with Gasteiger partial charge in [-0.3, -0.25) is 13.9 Å². The summed E-state index contributed by atoms with van der Waals surface area (Å²) < 4.78 is 29.5. The molecule has 0 aliphatic rings. The maximum absolute atomic E-state index is 14.6. The van der Waals surface area contributed by atoms with Gasteiger partial charge < -0.3 is 10.2 Å². The molecule has 7 nitrogen and oxygen atoms in total. The number of halogens is 2. The van der Waals surface area contributed by atoms with Gasteiger partial charge in [0.1, 0.15) is 12.6 Å². The van der Waals surface area contributed by atoms with Gasteiger partial charge in [0.25, 0.3) is 10.0 Å². The Hall–Kier alpha value is -3.85. The van der Waals surface area contributed by atoms with E-state index in [0.29, 0.717) is 27.8 Å². The van der Waals surface area contributed by atoms with Crippen LogP contribution in [-0.4, -0.2) is 44.3 Å². The average molecular weight is 681 g/mol. The van der Waals surface area contributed by atoms with Gasteiger partial charge in [0.2, 0.25) is 11.8 Å². The van der Waals surface area contributed by atoms with Gasteiger partial charge in [-0.2, -0.15) is 0 Å². The first kappa shape index (κ1) is 35.0. The lowest BCUT2D eigenvalue weighted by Gasteiger charge is -2.34. The van der Waals surface area contributed by atoms with Crippen LogP contribution in [0, 0.1) is 19.8 Å². The van der Waals surface area contributed by atoms with Gasteiger partial charge in [-0.15, -0.1) is 0 Å². The minimum atomic E-state index is -4.18. The highest BCUT2D eigenvalue weighted by Crippen LogP contribution is 2.28. The van der Waals surface area contributed by atoms with Crippen LogP contribution in [0.15, 0.2) is 102 Å². The largest absolute Gasteiger partial charge is 0.354 e. The first-order chi connectivity index (χ1) is 21.8. The predicted molar refractivity (Wildman–Crippen MR) is 186 cm³/mol. The number of hydrogen-bond donors (Lipinski definition) is 1. The van der Waals surface area contributed by atoms with Crippen LogP contribution >= 0.6 is 23.2 Å². The van der Waals surface area contributed by atoms with E-state index in [9.17, 15) is 18.0 Å². The summed E-state index contributed by atoms with van der Waals surface area (Å²) >= 11 is 12.5. The van der Waals surface area contributed by atoms with Crippen LogP contribution < -0.4 is 9.62 Å². The first-order valence-corrected chi connectivity index (χ1v) is 17.3. The second-order valence-corrected chi connectivity index (χ2v) is 14.5. The molecule has 0 aliphatic carbocycles. The minimum absolute atomic E-state index is 0.00556. The lowest BCUT2D eigenvalue weighted by molar-refractivity contribution is -0.140. The van der Waals surface area contributed by atoms with E-state index >= 15 is 0 Å². The second-order valence-electron chi connectivity index (χ2n) is 11.8. The zero-order valence-corrected chi connectivity index (χ0v) is 28.7. The molecule has 0 saturated heterocycles. The summed E-state index contributed by atoms with van der Waals surface area (Å²) in [5, 5.41) is 3.65. The highest BCUT2D eigenvalue weighted by molar-refractivity contribution is 7.92. The molecule has 0 spiro atoms. The molecule has 0 radical (unpaired) electrons. The number of benzene rings is 4. The van der Waals surface area contributed by atoms with Crippen molar-refractivity contribution in [2.75, 3.05) is 17.4 Å². The zero-order valence-electron chi connectivity index (χ0n) is 26.4. The Labute approximate surface area is 282 Å². The molecule has 1 atom stereocenters. The molecule has 2 amide bonds. The third kappa shape index (κ3) is 9.12. The molecule has 0 heterocycles. The Balaban J connectivity index is 1.83. The topological polar surface area (TPSA) is 86.8 Å². The highest BCUT2D eigenvalue weighted by atomic mass is 35.5. The highest BCUT2D eigenvalue weighted by Gasteiger charge is 2.35. The Morgan fingerprint density at radius 2 is 1.39 bits per heavy atom. The van der Waals surface area contributed by atoms with E-state index in [-0.39, 0.29) is 29.7 Å². The van der Waals surface area contributed by atoms with Gasteiger partial charge in [-0.05, 0) is 78.4 Å². The normalized spacial score (nSPS) is 12.1. The van der Waals surface area contributed by atoms with Crippen molar-refractivity contribution in [2.24, 2.45) is 5.92 Å². The number of nitrogens with one attached hydrogen (secondary N) is 1. The number of amides is 2. The Bertz CT molecular complexity index is 1750. The van der Waals surface area contributed by atoms with Crippen LogP contribution in [0.2, 0.25) is 10.0 Å². The van der Waals surface area contributed by atoms with E-state index in [1.165, 1.54) is 17.0 Å². The van der Waals surface area contributed by atoms with Crippen molar-refractivity contribution in [1.29, 1.82) is 0 Å². The van der Waals surface area contributed by atoms with E-state index < -0.39 is 28.5 Å². The van der Waals surface area contributed by atoms with Gasteiger partial charge in [-0.25, -0.2) is 8.42 Å². The van der Waals surface area contributed by atoms with Crippen LogP contribution in [0.3, 0.4) is 0 Å². The summed E-state index contributed by atoms with van der Waals surface area (Å²) in [6.45, 7) is 7.59. The summed E-state index contributed by atoms with van der Waals surface area (Å²) in [7, 11) is -4.18. The van der Waals surface area contributed by atoms with Crippen LogP contribution in [0.5, 0.6) is 0 Å². The SMILES string of the molecule is Cc1cc(C)cc(N(CC(=O)N(Cc2ccc(Cl)c(Cl)c2)[C@H](Cc2ccccc2)C(=O)NCC(C)C)S(=O)(=O)c2ccccc2)c1. The van der Waals surface area contributed by atoms with Crippen LogP contribution in [0.1, 0.15) is 36.1 Å². The number of rotatable bonds is 13. The smallest absolute Gasteiger partial charge is 0.264 e. The summed E-state index contributed by atoms with van der Waals surface area (Å²) in [4.78, 5) is 30.0. The van der Waals surface area contributed by atoms with Crippen molar-refractivity contribution in [3.05, 3.63) is 129 Å². The summed E-state index contributed by atoms with van der Waals surface area (Å²) in [6, 6.07) is 26.9. The van der Waals surface area contributed by atoms with Crippen molar-refractivity contribution >= 4 is 50.7 Å². The maximum atomic E-state index is 14.6. The Morgan fingerprint density at radius 1 is 0.783 bits per heavy atom. The molecular weight excluding hydrogens is 641 g/mol. The number of anilines is 1. The third-order valence-electron chi connectivity index (χ3n) is 7.40. The summed E-state index contributed by atoms with van der Waals surface area (Å²) in [5.41, 5.74) is 3.54. The molecule has 0 aromatic heterocycles. The Morgan fingerprint density at radius 3 is 1.98 bits per heavy atom. The van der Waals surface area contributed by atoms with Gasteiger partial charge >= 0.3 is 0 Å². The molecule has 46 heavy (non-hydrogen) atoms. The molecule has 0 saturated carbocycles. The molecule has 0 aliphatic heterocycles. The second kappa shape index (κ2) is 15.6. The van der Waals surface area contributed by atoms with E-state index in [2.05, 4.69) is 5.32 Å². The number of carbonyl (C=O) groups excluding carboxylic acids is 2. The van der Waals surface area contributed by atoms with E-state index in [4.69, 9.17) is 23.2 Å². The monoisotopic (exact) mass is 679 g/mol. The fourth-order valence-corrected chi connectivity index (χ4v) is 6.89. The van der Waals surface area contributed by atoms with Gasteiger partial charge in [0.15, 0.2) is 0 Å². The molecule has 0 unspecified atom stereocenters. The number of nitrogens with zero attached hydrogens (tertiary/aromatic N) is 2. The lowest BCUT2D eigenvalue weighted by Crippen LogP contribution is -2.53. The minimum Gasteiger partial charge on any atom is -0.354 e. The van der Waals surface area contributed by atoms with Crippen LogP contribution in [0.4, 0.5) is 5.69 Å². The molecule has 1 N–H and O–H groups in total. The fourth-order valence-electron chi connectivity index (χ4n) is 5.15. The fraction of sp³-hybridized carbons (Fsp3) is 0.278. The quantitative estimate of drug-likeness (QED) is 0.162. The number of hydrogen-bond acceptors (Lipinski definition) is 4. The van der Waals surface area contributed by atoms with Crippen LogP contribution in [0.25, 0.3) is 0 Å².